The van der Waals surface area contributed by atoms with Crippen LogP contribution in [0.5, 0.6) is 0 Å². The third-order valence-electron chi connectivity index (χ3n) is 4.56. The van der Waals surface area contributed by atoms with Crippen molar-refractivity contribution in [3.8, 4) is 0 Å². The predicted molar refractivity (Wildman–Crippen MR) is 82.9 cm³/mol. The average Bonchev–Trinajstić information content (AvgIpc) is 2.83. The monoisotopic (exact) mass is 276 g/mol. The molecule has 0 aliphatic carbocycles. The number of thioether (sulfide) groups is 1. The lowest BCUT2D eigenvalue weighted by Crippen LogP contribution is -2.46. The van der Waals surface area contributed by atoms with Gasteiger partial charge in [0.2, 0.25) is 0 Å². The molecule has 0 amide bonds. The number of nitrogens with zero attached hydrogens (tertiary/aromatic N) is 1. The van der Waals surface area contributed by atoms with Crippen LogP contribution in [0.25, 0.3) is 0 Å². The number of fused-ring (bicyclic) bond motifs is 1. The molecule has 1 aromatic rings. The summed E-state index contributed by atoms with van der Waals surface area (Å²) in [5, 5.41) is 4.53. The molecule has 104 valence electrons. The zero-order valence-electron chi connectivity index (χ0n) is 11.9. The Bertz CT molecular complexity index is 410. The van der Waals surface area contributed by atoms with E-state index in [2.05, 4.69) is 60.2 Å². The summed E-state index contributed by atoms with van der Waals surface area (Å²) in [4.78, 5) is 3.96. The van der Waals surface area contributed by atoms with Gasteiger partial charge in [-0.25, -0.2) is 0 Å². The van der Waals surface area contributed by atoms with Gasteiger partial charge < -0.3 is 10.2 Å². The number of piperidine rings is 1. The number of rotatable bonds is 3. The lowest BCUT2D eigenvalue weighted by molar-refractivity contribution is 0.169. The number of hydrogen-bond acceptors (Lipinski definition) is 3. The summed E-state index contributed by atoms with van der Waals surface area (Å²) in [5.74, 6) is 0. The second-order valence-electron chi connectivity index (χ2n) is 6.01. The lowest BCUT2D eigenvalue weighted by atomic mass is 9.99. The Morgan fingerprint density at radius 3 is 3.00 bits per heavy atom. The SMILES string of the molecule is CC1CC(NCC2Cc3ccccc3S2)CCN1C. The Morgan fingerprint density at radius 1 is 1.37 bits per heavy atom. The van der Waals surface area contributed by atoms with E-state index >= 15 is 0 Å². The lowest BCUT2D eigenvalue weighted by Gasteiger charge is -2.35. The Hall–Kier alpha value is -0.510. The van der Waals surface area contributed by atoms with Crippen LogP contribution in [0.4, 0.5) is 0 Å². The summed E-state index contributed by atoms with van der Waals surface area (Å²) in [7, 11) is 2.24. The molecule has 0 aromatic heterocycles. The van der Waals surface area contributed by atoms with Crippen LogP contribution in [0.3, 0.4) is 0 Å². The van der Waals surface area contributed by atoms with Crippen molar-refractivity contribution in [3.63, 3.8) is 0 Å². The molecule has 1 N–H and O–H groups in total. The first-order valence-corrected chi connectivity index (χ1v) is 8.28. The van der Waals surface area contributed by atoms with E-state index in [9.17, 15) is 0 Å². The van der Waals surface area contributed by atoms with Crippen LogP contribution in [0.1, 0.15) is 25.3 Å². The summed E-state index contributed by atoms with van der Waals surface area (Å²) in [6, 6.07) is 10.3. The van der Waals surface area contributed by atoms with E-state index in [1.54, 1.807) is 0 Å². The maximum atomic E-state index is 3.80. The summed E-state index contributed by atoms with van der Waals surface area (Å²) < 4.78 is 0. The fourth-order valence-electron chi connectivity index (χ4n) is 3.14. The Balaban J connectivity index is 1.47. The highest BCUT2D eigenvalue weighted by Crippen LogP contribution is 2.36. The second-order valence-corrected chi connectivity index (χ2v) is 7.35. The van der Waals surface area contributed by atoms with Gasteiger partial charge in [-0.3, -0.25) is 0 Å². The van der Waals surface area contributed by atoms with Crippen molar-refractivity contribution in [2.45, 2.75) is 48.4 Å². The topological polar surface area (TPSA) is 15.3 Å². The van der Waals surface area contributed by atoms with Gasteiger partial charge in [-0.05, 0) is 51.4 Å². The molecule has 3 atom stereocenters. The summed E-state index contributed by atoms with van der Waals surface area (Å²) in [6.07, 6.45) is 3.82. The molecule has 19 heavy (non-hydrogen) atoms. The van der Waals surface area contributed by atoms with E-state index in [4.69, 9.17) is 0 Å². The van der Waals surface area contributed by atoms with Crippen molar-refractivity contribution in [1.82, 2.24) is 10.2 Å². The molecule has 3 unspecified atom stereocenters. The van der Waals surface area contributed by atoms with E-state index < -0.39 is 0 Å². The molecular weight excluding hydrogens is 252 g/mol. The van der Waals surface area contributed by atoms with Crippen LogP contribution in [0, 0.1) is 0 Å². The van der Waals surface area contributed by atoms with Crippen molar-refractivity contribution >= 4 is 11.8 Å². The first kappa shape index (κ1) is 13.5. The van der Waals surface area contributed by atoms with Crippen LogP contribution in [0.15, 0.2) is 29.2 Å². The van der Waals surface area contributed by atoms with Crippen molar-refractivity contribution in [2.75, 3.05) is 20.1 Å². The largest absolute Gasteiger partial charge is 0.313 e. The molecule has 2 aliphatic heterocycles. The van der Waals surface area contributed by atoms with Gasteiger partial charge in [-0.1, -0.05) is 18.2 Å². The molecule has 3 rings (SSSR count). The van der Waals surface area contributed by atoms with Gasteiger partial charge in [-0.2, -0.15) is 0 Å². The van der Waals surface area contributed by atoms with E-state index in [1.165, 1.54) is 36.3 Å². The maximum absolute atomic E-state index is 3.80. The molecule has 0 bridgehead atoms. The van der Waals surface area contributed by atoms with Crippen molar-refractivity contribution in [3.05, 3.63) is 29.8 Å². The number of benzene rings is 1. The van der Waals surface area contributed by atoms with E-state index in [0.29, 0.717) is 0 Å². The molecule has 2 heterocycles. The van der Waals surface area contributed by atoms with Gasteiger partial charge in [0.25, 0.3) is 0 Å². The van der Waals surface area contributed by atoms with Crippen LogP contribution < -0.4 is 5.32 Å². The highest BCUT2D eigenvalue weighted by molar-refractivity contribution is 8.00. The molecule has 0 radical (unpaired) electrons. The molecule has 0 saturated carbocycles. The molecule has 2 aliphatic rings. The minimum atomic E-state index is 0.718. The van der Waals surface area contributed by atoms with E-state index in [-0.39, 0.29) is 0 Å². The van der Waals surface area contributed by atoms with E-state index in [0.717, 1.165) is 23.9 Å². The highest BCUT2D eigenvalue weighted by atomic mass is 32.2. The van der Waals surface area contributed by atoms with Crippen LogP contribution in [-0.2, 0) is 6.42 Å². The molecule has 1 aromatic carbocycles. The molecule has 3 heteroatoms. The zero-order chi connectivity index (χ0) is 13.2. The fourth-order valence-corrected chi connectivity index (χ4v) is 4.40. The third-order valence-corrected chi connectivity index (χ3v) is 5.88. The van der Waals surface area contributed by atoms with Crippen LogP contribution in [0.2, 0.25) is 0 Å². The quantitative estimate of drug-likeness (QED) is 0.914. The third kappa shape index (κ3) is 3.15. The smallest absolute Gasteiger partial charge is 0.0260 e. The minimum absolute atomic E-state index is 0.718. The summed E-state index contributed by atoms with van der Waals surface area (Å²) >= 11 is 2.05. The van der Waals surface area contributed by atoms with Gasteiger partial charge in [0.1, 0.15) is 0 Å². The number of hydrogen-bond donors (Lipinski definition) is 1. The molecule has 1 fully saturated rings. The standard InChI is InChI=1S/C16H24N2S/c1-12-9-14(7-8-18(12)2)17-11-15-10-13-5-3-4-6-16(13)19-15/h3-6,12,14-15,17H,7-11H2,1-2H3. The van der Waals surface area contributed by atoms with Gasteiger partial charge >= 0.3 is 0 Å². The van der Waals surface area contributed by atoms with Crippen LogP contribution in [-0.4, -0.2) is 42.4 Å². The van der Waals surface area contributed by atoms with Gasteiger partial charge in [0.15, 0.2) is 0 Å². The van der Waals surface area contributed by atoms with Gasteiger partial charge in [0.05, 0.1) is 0 Å². The van der Waals surface area contributed by atoms with Gasteiger partial charge in [0, 0.05) is 28.8 Å². The number of nitrogens with one attached hydrogen (secondary N) is 1. The van der Waals surface area contributed by atoms with Crippen LogP contribution >= 0.6 is 11.8 Å². The summed E-state index contributed by atoms with van der Waals surface area (Å²) in [6.45, 7) is 4.73. The normalized spacial score (nSPS) is 31.4. The van der Waals surface area contributed by atoms with E-state index in [1.807, 2.05) is 0 Å². The van der Waals surface area contributed by atoms with Gasteiger partial charge in [-0.15, -0.1) is 11.8 Å². The van der Waals surface area contributed by atoms with Crippen molar-refractivity contribution in [2.24, 2.45) is 0 Å². The zero-order valence-corrected chi connectivity index (χ0v) is 12.7. The Labute approximate surface area is 121 Å². The maximum Gasteiger partial charge on any atom is 0.0260 e. The summed E-state index contributed by atoms with van der Waals surface area (Å²) in [5.41, 5.74) is 1.54. The average molecular weight is 276 g/mol. The van der Waals surface area contributed by atoms with Crippen molar-refractivity contribution in [1.29, 1.82) is 0 Å². The first-order chi connectivity index (χ1) is 9.22. The highest BCUT2D eigenvalue weighted by Gasteiger charge is 2.25. The molecule has 0 spiro atoms. The molecule has 1 saturated heterocycles. The van der Waals surface area contributed by atoms with Crippen molar-refractivity contribution < 1.29 is 0 Å². The fraction of sp³-hybridized carbons (Fsp3) is 0.625. The minimum Gasteiger partial charge on any atom is -0.313 e. The molecule has 2 nitrogen and oxygen atoms in total. The number of likely N-dealkylation sites (tertiary alicyclic amines) is 1. The Kier molecular flexibility index (Phi) is 4.15. The predicted octanol–water partition coefficient (Wildman–Crippen LogP) is 2.78. The Morgan fingerprint density at radius 2 is 2.21 bits per heavy atom. The molecular formula is C16H24N2S. The first-order valence-electron chi connectivity index (χ1n) is 7.40. The second kappa shape index (κ2) is 5.86.